The van der Waals surface area contributed by atoms with Gasteiger partial charge in [0.25, 0.3) is 5.91 Å². The van der Waals surface area contributed by atoms with Gasteiger partial charge in [0.2, 0.25) is 0 Å². The van der Waals surface area contributed by atoms with Crippen molar-refractivity contribution in [1.82, 2.24) is 9.80 Å². The second-order valence-electron chi connectivity index (χ2n) is 6.90. The Labute approximate surface area is 147 Å². The lowest BCUT2D eigenvalue weighted by Gasteiger charge is -2.40. The Morgan fingerprint density at radius 2 is 1.83 bits per heavy atom. The molecule has 1 fully saturated rings. The monoisotopic (exact) mass is 340 g/mol. The van der Waals surface area contributed by atoms with Gasteiger partial charge < -0.3 is 9.80 Å². The molecule has 0 saturated carbocycles. The van der Waals surface area contributed by atoms with E-state index in [4.69, 9.17) is 0 Å². The van der Waals surface area contributed by atoms with Crippen LogP contribution in [0.4, 0.5) is 0 Å². The van der Waals surface area contributed by atoms with Crippen molar-refractivity contribution in [2.75, 3.05) is 19.6 Å². The van der Waals surface area contributed by atoms with Gasteiger partial charge in [-0.25, -0.2) is 0 Å². The molecule has 0 spiro atoms. The van der Waals surface area contributed by atoms with Crippen LogP contribution in [0.15, 0.2) is 41.8 Å². The molecule has 3 nitrogen and oxygen atoms in total. The van der Waals surface area contributed by atoms with Crippen molar-refractivity contribution in [3.63, 3.8) is 0 Å². The zero-order valence-electron chi connectivity index (χ0n) is 14.0. The normalized spacial score (nSPS) is 21.5. The molecule has 126 valence electrons. The third kappa shape index (κ3) is 3.26. The maximum atomic E-state index is 13.0. The molecule has 0 N–H and O–H groups in total. The highest BCUT2D eigenvalue weighted by Crippen LogP contribution is 2.27. The molecule has 1 atom stereocenters. The van der Waals surface area contributed by atoms with Crippen molar-refractivity contribution in [2.45, 2.75) is 38.3 Å². The maximum absolute atomic E-state index is 13.0. The number of rotatable bonds is 3. The minimum absolute atomic E-state index is 0.196. The molecular weight excluding hydrogens is 316 g/mol. The molecule has 0 radical (unpaired) electrons. The molecule has 2 aliphatic rings. The van der Waals surface area contributed by atoms with Crippen LogP contribution in [0.25, 0.3) is 0 Å². The number of carbonyl (C=O) groups is 1. The molecule has 1 aromatic heterocycles. The van der Waals surface area contributed by atoms with Crippen LogP contribution in [0.1, 0.15) is 40.1 Å². The van der Waals surface area contributed by atoms with Crippen LogP contribution in [-0.2, 0) is 13.0 Å². The van der Waals surface area contributed by atoms with E-state index < -0.39 is 0 Å². The molecule has 0 unspecified atom stereocenters. The van der Waals surface area contributed by atoms with Crippen LogP contribution in [0.3, 0.4) is 0 Å². The Balaban J connectivity index is 1.58. The van der Waals surface area contributed by atoms with Gasteiger partial charge >= 0.3 is 0 Å². The fourth-order valence-corrected chi connectivity index (χ4v) is 4.65. The van der Waals surface area contributed by atoms with Gasteiger partial charge in [0.05, 0.1) is 4.88 Å². The summed E-state index contributed by atoms with van der Waals surface area (Å²) in [6, 6.07) is 12.8. The Morgan fingerprint density at radius 1 is 1.04 bits per heavy atom. The zero-order chi connectivity index (χ0) is 16.4. The Hall–Kier alpha value is -1.65. The van der Waals surface area contributed by atoms with Crippen LogP contribution in [0.2, 0.25) is 0 Å². The predicted octanol–water partition coefficient (Wildman–Crippen LogP) is 3.80. The smallest absolute Gasteiger partial charge is 0.264 e. The largest absolute Gasteiger partial charge is 0.329 e. The van der Waals surface area contributed by atoms with Crippen molar-refractivity contribution < 1.29 is 4.79 Å². The number of likely N-dealkylation sites (tertiary alicyclic amines) is 1. The third-order valence-electron chi connectivity index (χ3n) is 5.27. The number of benzene rings is 1. The van der Waals surface area contributed by atoms with Gasteiger partial charge in [-0.15, -0.1) is 11.3 Å². The average Bonchev–Trinajstić information content (AvgIpc) is 3.16. The standard InChI is InChI=1S/C20H24N2OS/c23-20(19-9-6-12-24-19)22-14-17-8-3-2-7-16(17)13-18(22)15-21-10-4-1-5-11-21/h2-3,6-9,12,18H,1,4-5,10-11,13-15H2/t18-/m0/s1. The summed E-state index contributed by atoms with van der Waals surface area (Å²) in [6.07, 6.45) is 4.91. The van der Waals surface area contributed by atoms with E-state index in [0.29, 0.717) is 0 Å². The average molecular weight is 340 g/mol. The van der Waals surface area contributed by atoms with Gasteiger partial charge in [-0.05, 0) is 54.9 Å². The molecule has 3 heterocycles. The van der Waals surface area contributed by atoms with Crippen LogP contribution in [0.5, 0.6) is 0 Å². The number of piperidine rings is 1. The molecule has 1 amide bonds. The third-order valence-corrected chi connectivity index (χ3v) is 6.12. The fraction of sp³-hybridized carbons (Fsp3) is 0.450. The van der Waals surface area contributed by atoms with Crippen molar-refractivity contribution in [3.8, 4) is 0 Å². The van der Waals surface area contributed by atoms with Crippen molar-refractivity contribution in [1.29, 1.82) is 0 Å². The summed E-state index contributed by atoms with van der Waals surface area (Å²) in [4.78, 5) is 18.6. The lowest BCUT2D eigenvalue weighted by atomic mass is 9.93. The minimum atomic E-state index is 0.196. The van der Waals surface area contributed by atoms with E-state index in [1.807, 2.05) is 17.5 Å². The van der Waals surface area contributed by atoms with Crippen LogP contribution < -0.4 is 0 Å². The number of amides is 1. The van der Waals surface area contributed by atoms with E-state index in [9.17, 15) is 4.79 Å². The van der Waals surface area contributed by atoms with Gasteiger partial charge in [-0.2, -0.15) is 0 Å². The molecule has 2 aliphatic heterocycles. The van der Waals surface area contributed by atoms with Gasteiger partial charge in [-0.3, -0.25) is 4.79 Å². The van der Waals surface area contributed by atoms with Crippen molar-refractivity contribution >= 4 is 17.2 Å². The molecule has 2 aromatic rings. The molecule has 0 bridgehead atoms. The summed E-state index contributed by atoms with van der Waals surface area (Å²) in [6.45, 7) is 4.11. The Bertz CT molecular complexity index is 691. The summed E-state index contributed by atoms with van der Waals surface area (Å²) in [5.41, 5.74) is 2.71. The van der Waals surface area contributed by atoms with Crippen LogP contribution in [0, 0.1) is 0 Å². The molecule has 24 heavy (non-hydrogen) atoms. The van der Waals surface area contributed by atoms with Gasteiger partial charge in [-0.1, -0.05) is 36.8 Å². The van der Waals surface area contributed by atoms with E-state index in [1.54, 1.807) is 11.3 Å². The quantitative estimate of drug-likeness (QED) is 0.848. The minimum Gasteiger partial charge on any atom is -0.329 e. The number of thiophene rings is 1. The maximum Gasteiger partial charge on any atom is 0.264 e. The van der Waals surface area contributed by atoms with E-state index in [1.165, 1.54) is 43.5 Å². The highest BCUT2D eigenvalue weighted by atomic mass is 32.1. The molecule has 1 aromatic carbocycles. The second kappa shape index (κ2) is 7.08. The first-order valence-corrected chi connectivity index (χ1v) is 9.83. The lowest BCUT2D eigenvalue weighted by Crippen LogP contribution is -2.50. The molecule has 1 saturated heterocycles. The molecular formula is C20H24N2OS. The van der Waals surface area contributed by atoms with E-state index in [0.717, 1.165) is 24.4 Å². The summed E-state index contributed by atoms with van der Waals surface area (Å²) >= 11 is 1.55. The summed E-state index contributed by atoms with van der Waals surface area (Å²) in [5, 5.41) is 1.99. The highest BCUT2D eigenvalue weighted by molar-refractivity contribution is 7.12. The summed E-state index contributed by atoms with van der Waals surface area (Å²) in [5.74, 6) is 0.196. The molecule has 4 rings (SSSR count). The SMILES string of the molecule is O=C(c1cccs1)N1Cc2ccccc2C[C@H]1CN1CCCCC1. The van der Waals surface area contributed by atoms with Crippen molar-refractivity contribution in [3.05, 3.63) is 57.8 Å². The molecule has 0 aliphatic carbocycles. The fourth-order valence-electron chi connectivity index (χ4n) is 3.97. The Kier molecular flexibility index (Phi) is 4.67. The van der Waals surface area contributed by atoms with Gasteiger partial charge in [0.1, 0.15) is 0 Å². The predicted molar refractivity (Wildman–Crippen MR) is 98.4 cm³/mol. The topological polar surface area (TPSA) is 23.6 Å². The van der Waals surface area contributed by atoms with Crippen LogP contribution >= 0.6 is 11.3 Å². The number of hydrogen-bond donors (Lipinski definition) is 0. The van der Waals surface area contributed by atoms with Crippen LogP contribution in [-0.4, -0.2) is 41.4 Å². The van der Waals surface area contributed by atoms with Crippen molar-refractivity contribution in [2.24, 2.45) is 0 Å². The first-order valence-electron chi connectivity index (χ1n) is 8.95. The first-order chi connectivity index (χ1) is 11.8. The van der Waals surface area contributed by atoms with E-state index in [-0.39, 0.29) is 11.9 Å². The van der Waals surface area contributed by atoms with E-state index in [2.05, 4.69) is 34.1 Å². The number of fused-ring (bicyclic) bond motifs is 1. The van der Waals surface area contributed by atoms with E-state index >= 15 is 0 Å². The summed E-state index contributed by atoms with van der Waals surface area (Å²) in [7, 11) is 0. The second-order valence-corrected chi connectivity index (χ2v) is 7.85. The summed E-state index contributed by atoms with van der Waals surface area (Å²) < 4.78 is 0. The Morgan fingerprint density at radius 3 is 2.58 bits per heavy atom. The highest BCUT2D eigenvalue weighted by Gasteiger charge is 2.32. The number of carbonyl (C=O) groups excluding carboxylic acids is 1. The first kappa shape index (κ1) is 15.9. The zero-order valence-corrected chi connectivity index (χ0v) is 14.8. The molecule has 4 heteroatoms. The lowest BCUT2D eigenvalue weighted by molar-refractivity contribution is 0.0571. The number of hydrogen-bond acceptors (Lipinski definition) is 3. The number of nitrogens with zero attached hydrogens (tertiary/aromatic N) is 2. The van der Waals surface area contributed by atoms with Gasteiger partial charge in [0, 0.05) is 19.1 Å². The van der Waals surface area contributed by atoms with Gasteiger partial charge in [0.15, 0.2) is 0 Å².